The van der Waals surface area contributed by atoms with Crippen molar-refractivity contribution in [3.8, 4) is 0 Å². The van der Waals surface area contributed by atoms with Crippen LogP contribution >= 0.6 is 11.8 Å². The molecular weight excluding hydrogens is 128 g/mol. The summed E-state index contributed by atoms with van der Waals surface area (Å²) in [7, 11) is 0. The van der Waals surface area contributed by atoms with Crippen molar-refractivity contribution in [2.45, 2.75) is 32.4 Å². The van der Waals surface area contributed by atoms with Crippen LogP contribution in [0.15, 0.2) is 0 Å². The second kappa shape index (κ2) is 2.96. The molecule has 2 atom stereocenters. The van der Waals surface area contributed by atoms with Crippen molar-refractivity contribution >= 4 is 11.8 Å². The Labute approximate surface area is 62.4 Å². The Hall–Kier alpha value is 0.350. The predicted molar refractivity (Wildman–Crippen MR) is 44.9 cm³/mol. The topological polar surface area (TPSA) is 0 Å². The minimum atomic E-state index is 0.882. The standard InChI is InChI=1S/C8H16S/c1-6(2)8-7(3)4-5-9-8/h6-8H,4-5H2,1-3H3. The van der Waals surface area contributed by atoms with Crippen LogP contribution in [0.2, 0.25) is 0 Å². The first-order valence-electron chi connectivity index (χ1n) is 3.83. The molecule has 0 radical (unpaired) electrons. The van der Waals surface area contributed by atoms with Gasteiger partial charge in [0.2, 0.25) is 0 Å². The monoisotopic (exact) mass is 144 g/mol. The van der Waals surface area contributed by atoms with Crippen molar-refractivity contribution in [1.29, 1.82) is 0 Å². The van der Waals surface area contributed by atoms with Gasteiger partial charge in [-0.2, -0.15) is 11.8 Å². The molecule has 1 heterocycles. The largest absolute Gasteiger partial charge is 0.158 e. The molecule has 1 heteroatoms. The van der Waals surface area contributed by atoms with E-state index in [-0.39, 0.29) is 0 Å². The molecule has 1 rings (SSSR count). The summed E-state index contributed by atoms with van der Waals surface area (Å²) in [5.74, 6) is 3.24. The second-order valence-electron chi connectivity index (χ2n) is 3.35. The smallest absolute Gasteiger partial charge is 0.00959 e. The molecule has 0 aromatic carbocycles. The molecule has 2 unspecified atom stereocenters. The Morgan fingerprint density at radius 3 is 2.33 bits per heavy atom. The summed E-state index contributed by atoms with van der Waals surface area (Å²) in [5.41, 5.74) is 0. The SMILES string of the molecule is CC(C)C1SCCC1C. The fourth-order valence-corrected chi connectivity index (χ4v) is 3.20. The molecule has 0 bridgehead atoms. The average molecular weight is 144 g/mol. The van der Waals surface area contributed by atoms with E-state index in [0.29, 0.717) is 0 Å². The van der Waals surface area contributed by atoms with Crippen molar-refractivity contribution in [3.63, 3.8) is 0 Å². The van der Waals surface area contributed by atoms with Crippen LogP contribution < -0.4 is 0 Å². The van der Waals surface area contributed by atoms with E-state index in [1.54, 1.807) is 0 Å². The predicted octanol–water partition coefficient (Wildman–Crippen LogP) is 2.78. The molecule has 0 nitrogen and oxygen atoms in total. The van der Waals surface area contributed by atoms with E-state index >= 15 is 0 Å². The minimum Gasteiger partial charge on any atom is -0.158 e. The molecule has 54 valence electrons. The van der Waals surface area contributed by atoms with Gasteiger partial charge in [-0.25, -0.2) is 0 Å². The Kier molecular flexibility index (Phi) is 2.45. The molecule has 1 fully saturated rings. The third-order valence-corrected chi connectivity index (χ3v) is 3.97. The number of hydrogen-bond donors (Lipinski definition) is 0. The summed E-state index contributed by atoms with van der Waals surface area (Å²) in [6.45, 7) is 7.05. The molecule has 0 aliphatic carbocycles. The van der Waals surface area contributed by atoms with E-state index in [1.807, 2.05) is 0 Å². The van der Waals surface area contributed by atoms with Gasteiger partial charge in [0.25, 0.3) is 0 Å². The lowest BCUT2D eigenvalue weighted by Gasteiger charge is -2.17. The first kappa shape index (κ1) is 7.46. The van der Waals surface area contributed by atoms with Crippen LogP contribution in [0, 0.1) is 11.8 Å². The van der Waals surface area contributed by atoms with Gasteiger partial charge in [-0.1, -0.05) is 20.8 Å². The maximum Gasteiger partial charge on any atom is 0.00959 e. The van der Waals surface area contributed by atoms with Gasteiger partial charge in [0.05, 0.1) is 0 Å². The van der Waals surface area contributed by atoms with Crippen LogP contribution in [0.4, 0.5) is 0 Å². The zero-order valence-corrected chi connectivity index (χ0v) is 7.37. The molecule has 1 aliphatic rings. The van der Waals surface area contributed by atoms with Crippen LogP contribution in [0.1, 0.15) is 27.2 Å². The Bertz CT molecular complexity index is 88.6. The third kappa shape index (κ3) is 1.64. The molecule has 0 N–H and O–H groups in total. The van der Waals surface area contributed by atoms with Crippen molar-refractivity contribution < 1.29 is 0 Å². The maximum absolute atomic E-state index is 2.38. The molecular formula is C8H16S. The van der Waals surface area contributed by atoms with E-state index in [9.17, 15) is 0 Å². The summed E-state index contributed by atoms with van der Waals surface area (Å²) in [5, 5.41) is 0.949. The number of thioether (sulfide) groups is 1. The van der Waals surface area contributed by atoms with Gasteiger partial charge in [0, 0.05) is 5.25 Å². The Morgan fingerprint density at radius 1 is 1.44 bits per heavy atom. The van der Waals surface area contributed by atoms with Gasteiger partial charge in [-0.15, -0.1) is 0 Å². The van der Waals surface area contributed by atoms with Crippen molar-refractivity contribution in [2.75, 3.05) is 5.75 Å². The van der Waals surface area contributed by atoms with Crippen LogP contribution in [0.5, 0.6) is 0 Å². The summed E-state index contributed by atoms with van der Waals surface area (Å²) < 4.78 is 0. The highest BCUT2D eigenvalue weighted by Gasteiger charge is 2.25. The van der Waals surface area contributed by atoms with Crippen LogP contribution in [0.25, 0.3) is 0 Å². The highest BCUT2D eigenvalue weighted by molar-refractivity contribution is 8.00. The summed E-state index contributed by atoms with van der Waals surface area (Å²) >= 11 is 2.16. The molecule has 0 aromatic rings. The lowest BCUT2D eigenvalue weighted by atomic mass is 9.97. The van der Waals surface area contributed by atoms with Crippen LogP contribution in [-0.4, -0.2) is 11.0 Å². The van der Waals surface area contributed by atoms with Crippen molar-refractivity contribution in [3.05, 3.63) is 0 Å². The molecule has 0 spiro atoms. The van der Waals surface area contributed by atoms with E-state index in [0.717, 1.165) is 17.1 Å². The number of hydrogen-bond acceptors (Lipinski definition) is 1. The van der Waals surface area contributed by atoms with Gasteiger partial charge < -0.3 is 0 Å². The van der Waals surface area contributed by atoms with E-state index in [4.69, 9.17) is 0 Å². The van der Waals surface area contributed by atoms with E-state index in [1.165, 1.54) is 12.2 Å². The summed E-state index contributed by atoms with van der Waals surface area (Å²) in [4.78, 5) is 0. The molecule has 1 aliphatic heterocycles. The van der Waals surface area contributed by atoms with Gasteiger partial charge in [0.1, 0.15) is 0 Å². The average Bonchev–Trinajstić information content (AvgIpc) is 2.13. The van der Waals surface area contributed by atoms with Crippen LogP contribution in [-0.2, 0) is 0 Å². The molecule has 9 heavy (non-hydrogen) atoms. The molecule has 0 saturated carbocycles. The highest BCUT2D eigenvalue weighted by atomic mass is 32.2. The summed E-state index contributed by atoms with van der Waals surface area (Å²) in [6, 6.07) is 0. The van der Waals surface area contributed by atoms with Gasteiger partial charge in [0.15, 0.2) is 0 Å². The quantitative estimate of drug-likeness (QED) is 0.545. The third-order valence-electron chi connectivity index (χ3n) is 2.10. The van der Waals surface area contributed by atoms with Gasteiger partial charge >= 0.3 is 0 Å². The second-order valence-corrected chi connectivity index (χ2v) is 4.63. The molecule has 0 amide bonds. The molecule has 1 saturated heterocycles. The van der Waals surface area contributed by atoms with Crippen molar-refractivity contribution in [2.24, 2.45) is 11.8 Å². The molecule has 0 aromatic heterocycles. The van der Waals surface area contributed by atoms with Gasteiger partial charge in [-0.05, 0) is 24.0 Å². The zero-order valence-electron chi connectivity index (χ0n) is 6.55. The summed E-state index contributed by atoms with van der Waals surface area (Å²) in [6.07, 6.45) is 1.44. The fraction of sp³-hybridized carbons (Fsp3) is 1.00. The zero-order chi connectivity index (χ0) is 6.85. The Morgan fingerprint density at radius 2 is 2.11 bits per heavy atom. The highest BCUT2D eigenvalue weighted by Crippen LogP contribution is 2.36. The first-order chi connectivity index (χ1) is 4.22. The Balaban J connectivity index is 2.40. The lowest BCUT2D eigenvalue weighted by Crippen LogP contribution is -2.14. The number of rotatable bonds is 1. The fourth-order valence-electron chi connectivity index (χ4n) is 1.57. The lowest BCUT2D eigenvalue weighted by molar-refractivity contribution is 0.468. The van der Waals surface area contributed by atoms with E-state index in [2.05, 4.69) is 32.5 Å². The van der Waals surface area contributed by atoms with E-state index < -0.39 is 0 Å². The first-order valence-corrected chi connectivity index (χ1v) is 4.88. The normalized spacial score (nSPS) is 36.0. The van der Waals surface area contributed by atoms with Crippen LogP contribution in [0.3, 0.4) is 0 Å². The maximum atomic E-state index is 2.38. The minimum absolute atomic E-state index is 0.882. The van der Waals surface area contributed by atoms with Crippen molar-refractivity contribution in [1.82, 2.24) is 0 Å². The van der Waals surface area contributed by atoms with Gasteiger partial charge in [-0.3, -0.25) is 0 Å².